The Balaban J connectivity index is 1.26. The fraction of sp³-hybridized carbons (Fsp3) is 0.0526. The van der Waals surface area contributed by atoms with Crippen molar-refractivity contribution in [3.63, 3.8) is 0 Å². The SMILES string of the molecule is Cc1ccccc1-c1cccc(Nc2ccc(N(c3ccccc3)c3ccccc3)c(Nc3cccc(-c4ccccc4C)c3)c2Nc2cccc(-c3ccccc3C)c2)c1. The van der Waals surface area contributed by atoms with Crippen LogP contribution in [0.2, 0.25) is 0 Å². The van der Waals surface area contributed by atoms with Crippen molar-refractivity contribution in [2.75, 3.05) is 20.9 Å². The van der Waals surface area contributed by atoms with Crippen LogP contribution in [-0.2, 0) is 0 Å². The van der Waals surface area contributed by atoms with Gasteiger partial charge >= 0.3 is 0 Å². The second-order valence-electron chi connectivity index (χ2n) is 15.5. The van der Waals surface area contributed by atoms with Crippen LogP contribution in [0.5, 0.6) is 0 Å². The number of rotatable bonds is 12. The number of anilines is 9. The lowest BCUT2D eigenvalue weighted by Crippen LogP contribution is -2.13. The van der Waals surface area contributed by atoms with Crippen molar-refractivity contribution in [3.05, 3.63) is 235 Å². The quantitative estimate of drug-likeness (QED) is 0.115. The van der Waals surface area contributed by atoms with Gasteiger partial charge in [-0.1, -0.05) is 146 Å². The van der Waals surface area contributed by atoms with E-state index in [-0.39, 0.29) is 0 Å². The summed E-state index contributed by atoms with van der Waals surface area (Å²) in [6.07, 6.45) is 0. The van der Waals surface area contributed by atoms with Gasteiger partial charge in [-0.05, 0) is 144 Å². The predicted octanol–water partition coefficient (Wildman–Crippen LogP) is 16.3. The molecule has 0 atom stereocenters. The summed E-state index contributed by atoms with van der Waals surface area (Å²) in [5.41, 5.74) is 19.5. The molecule has 9 aromatic rings. The molecule has 0 amide bonds. The van der Waals surface area contributed by atoms with Crippen LogP contribution >= 0.6 is 0 Å². The van der Waals surface area contributed by atoms with Crippen molar-refractivity contribution >= 4 is 51.2 Å². The third-order valence-corrected chi connectivity index (χ3v) is 11.2. The van der Waals surface area contributed by atoms with E-state index >= 15 is 0 Å². The summed E-state index contributed by atoms with van der Waals surface area (Å²) >= 11 is 0. The smallest absolute Gasteiger partial charge is 0.0889 e. The second kappa shape index (κ2) is 17.6. The van der Waals surface area contributed by atoms with Crippen LogP contribution in [0.3, 0.4) is 0 Å². The summed E-state index contributed by atoms with van der Waals surface area (Å²) in [7, 11) is 0. The molecule has 0 spiro atoms. The highest BCUT2D eigenvalue weighted by atomic mass is 15.2. The van der Waals surface area contributed by atoms with Gasteiger partial charge in [0.2, 0.25) is 0 Å². The van der Waals surface area contributed by atoms with Crippen LogP contribution in [-0.4, -0.2) is 0 Å². The second-order valence-corrected chi connectivity index (χ2v) is 15.5. The fourth-order valence-corrected chi connectivity index (χ4v) is 8.15. The Kier molecular flexibility index (Phi) is 11.1. The first-order valence-electron chi connectivity index (χ1n) is 20.8. The van der Waals surface area contributed by atoms with Gasteiger partial charge in [-0.15, -0.1) is 0 Å². The molecule has 0 saturated heterocycles. The molecule has 4 heteroatoms. The molecule has 61 heavy (non-hydrogen) atoms. The summed E-state index contributed by atoms with van der Waals surface area (Å²) in [5.74, 6) is 0. The van der Waals surface area contributed by atoms with Gasteiger partial charge in [0.05, 0.1) is 22.7 Å². The number of hydrogen-bond acceptors (Lipinski definition) is 4. The first kappa shape index (κ1) is 38.7. The molecule has 0 unspecified atom stereocenters. The Morgan fingerprint density at radius 2 is 0.689 bits per heavy atom. The van der Waals surface area contributed by atoms with Crippen molar-refractivity contribution < 1.29 is 0 Å². The number of aryl methyl sites for hydroxylation is 3. The monoisotopic (exact) mass is 788 g/mol. The minimum atomic E-state index is 0.902. The molecular formula is C57H48N4. The van der Waals surface area contributed by atoms with Gasteiger partial charge in [0.1, 0.15) is 0 Å². The zero-order valence-corrected chi connectivity index (χ0v) is 34.7. The first-order chi connectivity index (χ1) is 30.0. The normalized spacial score (nSPS) is 10.9. The Labute approximate surface area is 359 Å². The predicted molar refractivity (Wildman–Crippen MR) is 261 cm³/mol. The molecule has 0 radical (unpaired) electrons. The topological polar surface area (TPSA) is 39.3 Å². The average Bonchev–Trinajstić information content (AvgIpc) is 3.30. The number of hydrogen-bond donors (Lipinski definition) is 3. The number of nitrogens with one attached hydrogen (secondary N) is 3. The van der Waals surface area contributed by atoms with E-state index < -0.39 is 0 Å². The Hall–Kier alpha value is -7.82. The molecule has 0 fully saturated rings. The van der Waals surface area contributed by atoms with E-state index in [1.807, 2.05) is 0 Å². The molecule has 4 nitrogen and oxygen atoms in total. The Morgan fingerprint density at radius 3 is 1.11 bits per heavy atom. The average molecular weight is 789 g/mol. The zero-order valence-electron chi connectivity index (χ0n) is 34.7. The van der Waals surface area contributed by atoms with Gasteiger partial charge in [0.25, 0.3) is 0 Å². The van der Waals surface area contributed by atoms with Gasteiger partial charge in [-0.25, -0.2) is 0 Å². The van der Waals surface area contributed by atoms with Crippen molar-refractivity contribution in [2.24, 2.45) is 0 Å². The summed E-state index contributed by atoms with van der Waals surface area (Å²) in [6.45, 7) is 6.50. The third kappa shape index (κ3) is 8.52. The maximum absolute atomic E-state index is 3.99. The van der Waals surface area contributed by atoms with Gasteiger partial charge in [-0.2, -0.15) is 0 Å². The lowest BCUT2D eigenvalue weighted by Gasteiger charge is -2.30. The summed E-state index contributed by atoms with van der Waals surface area (Å²) in [4.78, 5) is 2.32. The molecule has 0 aliphatic heterocycles. The molecule has 296 valence electrons. The number of nitrogens with zero attached hydrogens (tertiary/aromatic N) is 1. The molecule has 0 aromatic heterocycles. The standard InChI is InChI=1S/C57H48N4/c1-40-19-10-13-32-51(40)43-22-16-25-46(37-43)58-54-35-36-55(61(49-28-6-4-7-29-49)50-30-8-5-9-31-50)57(60-48-27-18-24-45(39-48)53-34-15-12-21-42(53)3)56(54)59-47-26-17-23-44(38-47)52-33-14-11-20-41(52)2/h4-39,58-60H,1-3H3. The fourth-order valence-electron chi connectivity index (χ4n) is 8.15. The van der Waals surface area contributed by atoms with Gasteiger partial charge in [-0.3, -0.25) is 0 Å². The first-order valence-corrected chi connectivity index (χ1v) is 20.8. The van der Waals surface area contributed by atoms with Crippen LogP contribution in [0.1, 0.15) is 16.7 Å². The van der Waals surface area contributed by atoms with E-state index in [9.17, 15) is 0 Å². The summed E-state index contributed by atoms with van der Waals surface area (Å²) in [5, 5.41) is 11.8. The van der Waals surface area contributed by atoms with E-state index in [1.54, 1.807) is 0 Å². The van der Waals surface area contributed by atoms with Crippen molar-refractivity contribution in [3.8, 4) is 33.4 Å². The van der Waals surface area contributed by atoms with Gasteiger partial charge in [0, 0.05) is 28.4 Å². The lowest BCUT2D eigenvalue weighted by molar-refractivity contribution is 1.28. The summed E-state index contributed by atoms with van der Waals surface area (Å²) in [6, 6.07) is 77.3. The maximum Gasteiger partial charge on any atom is 0.0889 e. The van der Waals surface area contributed by atoms with Crippen molar-refractivity contribution in [1.29, 1.82) is 0 Å². The van der Waals surface area contributed by atoms with Crippen LogP contribution < -0.4 is 20.9 Å². The third-order valence-electron chi connectivity index (χ3n) is 11.2. The van der Waals surface area contributed by atoms with Crippen LogP contribution in [0.4, 0.5) is 51.2 Å². The van der Waals surface area contributed by atoms with Crippen molar-refractivity contribution in [2.45, 2.75) is 20.8 Å². The van der Waals surface area contributed by atoms with E-state index in [1.165, 1.54) is 33.4 Å². The van der Waals surface area contributed by atoms with Gasteiger partial charge in [0.15, 0.2) is 0 Å². The Morgan fingerprint density at radius 1 is 0.311 bits per heavy atom. The maximum atomic E-state index is 3.99. The lowest BCUT2D eigenvalue weighted by atomic mass is 9.99. The zero-order chi connectivity index (χ0) is 41.5. The molecule has 3 N–H and O–H groups in total. The molecule has 9 rings (SSSR count). The molecular weight excluding hydrogens is 741 g/mol. The minimum Gasteiger partial charge on any atom is -0.354 e. The van der Waals surface area contributed by atoms with E-state index in [0.717, 1.165) is 67.9 Å². The Bertz CT molecular complexity index is 2900. The van der Waals surface area contributed by atoms with E-state index in [2.05, 4.69) is 260 Å². The van der Waals surface area contributed by atoms with Crippen LogP contribution in [0.25, 0.3) is 33.4 Å². The van der Waals surface area contributed by atoms with Crippen molar-refractivity contribution in [1.82, 2.24) is 0 Å². The number of benzene rings is 9. The molecule has 0 bridgehead atoms. The van der Waals surface area contributed by atoms with E-state index in [4.69, 9.17) is 0 Å². The number of para-hydroxylation sites is 2. The molecule has 0 aliphatic rings. The molecule has 0 aliphatic carbocycles. The highest BCUT2D eigenvalue weighted by molar-refractivity contribution is 6.01. The van der Waals surface area contributed by atoms with E-state index in [0.29, 0.717) is 0 Å². The highest BCUT2D eigenvalue weighted by Crippen LogP contribution is 2.48. The van der Waals surface area contributed by atoms with Gasteiger partial charge < -0.3 is 20.9 Å². The molecule has 0 saturated carbocycles. The minimum absolute atomic E-state index is 0.902. The van der Waals surface area contributed by atoms with Crippen LogP contribution in [0, 0.1) is 20.8 Å². The highest BCUT2D eigenvalue weighted by Gasteiger charge is 2.23. The summed E-state index contributed by atoms with van der Waals surface area (Å²) < 4.78 is 0. The van der Waals surface area contributed by atoms with Crippen LogP contribution in [0.15, 0.2) is 218 Å². The molecule has 0 heterocycles. The largest absolute Gasteiger partial charge is 0.354 e. The molecule has 9 aromatic carbocycles.